The highest BCUT2D eigenvalue weighted by Crippen LogP contribution is 2.34. The second kappa shape index (κ2) is 6.37. The van der Waals surface area contributed by atoms with Crippen molar-refractivity contribution in [2.75, 3.05) is 18.5 Å². The van der Waals surface area contributed by atoms with Crippen LogP contribution in [0.5, 0.6) is 11.5 Å². The smallest absolute Gasteiger partial charge is 0.244 e. The van der Waals surface area contributed by atoms with Gasteiger partial charge in [-0.25, -0.2) is 4.98 Å². The van der Waals surface area contributed by atoms with Gasteiger partial charge >= 0.3 is 0 Å². The number of hydrogen-bond donors (Lipinski definition) is 1. The summed E-state index contributed by atoms with van der Waals surface area (Å²) in [7, 11) is 0. The Kier molecular flexibility index (Phi) is 4.03. The van der Waals surface area contributed by atoms with Gasteiger partial charge in [-0.1, -0.05) is 6.07 Å². The average Bonchev–Trinajstić information content (AvgIpc) is 2.91. The van der Waals surface area contributed by atoms with E-state index in [1.165, 1.54) is 5.56 Å². The molecule has 0 saturated carbocycles. The summed E-state index contributed by atoms with van der Waals surface area (Å²) in [5, 5.41) is 2.96. The number of nitrogens with one attached hydrogen (secondary N) is 1. The lowest BCUT2D eigenvalue weighted by Gasteiger charge is -2.18. The number of fused-ring (bicyclic) bond motifs is 2. The zero-order valence-corrected chi connectivity index (χ0v) is 15.1. The van der Waals surface area contributed by atoms with Crippen molar-refractivity contribution >= 4 is 22.6 Å². The first-order valence-electron chi connectivity index (χ1n) is 8.65. The molecule has 2 heterocycles. The van der Waals surface area contributed by atoms with Gasteiger partial charge < -0.3 is 19.4 Å². The number of aromatic nitrogens is 2. The molecule has 4 rings (SSSR count). The molecule has 2 aromatic carbocycles. The third kappa shape index (κ3) is 2.98. The molecule has 0 bridgehead atoms. The molecule has 3 aromatic rings. The molecule has 6 heteroatoms. The predicted molar refractivity (Wildman–Crippen MR) is 100 cm³/mol. The van der Waals surface area contributed by atoms with Gasteiger partial charge in [0.15, 0.2) is 11.5 Å². The minimum absolute atomic E-state index is 0.0921. The topological polar surface area (TPSA) is 65.4 Å². The van der Waals surface area contributed by atoms with Gasteiger partial charge in [0, 0.05) is 17.8 Å². The van der Waals surface area contributed by atoms with E-state index in [0.717, 1.165) is 28.1 Å². The van der Waals surface area contributed by atoms with Crippen LogP contribution in [0.25, 0.3) is 11.0 Å². The number of aryl methyl sites for hydroxylation is 3. The molecule has 0 aliphatic carbocycles. The highest BCUT2D eigenvalue weighted by molar-refractivity contribution is 5.92. The van der Waals surface area contributed by atoms with Crippen LogP contribution in [0.4, 0.5) is 5.69 Å². The van der Waals surface area contributed by atoms with E-state index in [-0.39, 0.29) is 12.5 Å². The van der Waals surface area contributed by atoms with Crippen LogP contribution in [-0.2, 0) is 11.3 Å². The molecule has 1 aliphatic rings. The van der Waals surface area contributed by atoms with E-state index in [4.69, 9.17) is 9.47 Å². The Balaban J connectivity index is 1.60. The zero-order valence-electron chi connectivity index (χ0n) is 15.1. The fourth-order valence-electron chi connectivity index (χ4n) is 3.14. The standard InChI is InChI=1S/C20H21N3O3/c1-12-4-5-15(8-13(12)2)22-20(24)11-23-14(3)21-16-9-18-19(10-17(16)23)26-7-6-25-18/h4-5,8-10H,6-7,11H2,1-3H3,(H,22,24). The van der Waals surface area contributed by atoms with Crippen LogP contribution in [0.2, 0.25) is 0 Å². The lowest BCUT2D eigenvalue weighted by atomic mass is 10.1. The van der Waals surface area contributed by atoms with Crippen molar-refractivity contribution in [3.05, 3.63) is 47.3 Å². The van der Waals surface area contributed by atoms with Gasteiger partial charge in [-0.3, -0.25) is 4.79 Å². The van der Waals surface area contributed by atoms with Crippen molar-refractivity contribution in [1.29, 1.82) is 0 Å². The van der Waals surface area contributed by atoms with E-state index in [2.05, 4.69) is 10.3 Å². The molecule has 1 amide bonds. The van der Waals surface area contributed by atoms with Crippen molar-refractivity contribution in [2.45, 2.75) is 27.3 Å². The number of carbonyl (C=O) groups is 1. The molecule has 0 saturated heterocycles. The normalized spacial score (nSPS) is 13.0. The molecule has 0 fully saturated rings. The molecule has 0 atom stereocenters. The van der Waals surface area contributed by atoms with Gasteiger partial charge in [-0.05, 0) is 44.0 Å². The minimum atomic E-state index is -0.0921. The van der Waals surface area contributed by atoms with Crippen molar-refractivity contribution in [2.24, 2.45) is 0 Å². The van der Waals surface area contributed by atoms with Crippen LogP contribution in [-0.4, -0.2) is 28.7 Å². The number of anilines is 1. The monoisotopic (exact) mass is 351 g/mol. The molecular formula is C20H21N3O3. The number of carbonyl (C=O) groups excluding carboxylic acids is 1. The summed E-state index contributed by atoms with van der Waals surface area (Å²) in [6.45, 7) is 7.23. The van der Waals surface area contributed by atoms with E-state index in [1.54, 1.807) is 0 Å². The van der Waals surface area contributed by atoms with Crippen LogP contribution in [0.15, 0.2) is 30.3 Å². The van der Waals surface area contributed by atoms with Gasteiger partial charge in [0.1, 0.15) is 25.6 Å². The van der Waals surface area contributed by atoms with E-state index in [0.29, 0.717) is 24.7 Å². The summed E-state index contributed by atoms with van der Waals surface area (Å²) in [5.74, 6) is 2.08. The van der Waals surface area contributed by atoms with Gasteiger partial charge in [-0.15, -0.1) is 0 Å². The quantitative estimate of drug-likeness (QED) is 0.786. The van der Waals surface area contributed by atoms with Crippen LogP contribution in [0.3, 0.4) is 0 Å². The molecule has 1 N–H and O–H groups in total. The Labute approximate surface area is 151 Å². The van der Waals surface area contributed by atoms with E-state index >= 15 is 0 Å². The second-order valence-electron chi connectivity index (χ2n) is 6.58. The molecule has 0 radical (unpaired) electrons. The van der Waals surface area contributed by atoms with Crippen molar-refractivity contribution in [3.63, 3.8) is 0 Å². The van der Waals surface area contributed by atoms with E-state index in [9.17, 15) is 4.79 Å². The maximum atomic E-state index is 12.5. The summed E-state index contributed by atoms with van der Waals surface area (Å²) < 4.78 is 13.2. The molecule has 0 spiro atoms. The minimum Gasteiger partial charge on any atom is -0.486 e. The Bertz CT molecular complexity index is 1010. The lowest BCUT2D eigenvalue weighted by Crippen LogP contribution is -2.19. The molecule has 6 nitrogen and oxygen atoms in total. The summed E-state index contributed by atoms with van der Waals surface area (Å²) in [5.41, 5.74) is 4.81. The summed E-state index contributed by atoms with van der Waals surface area (Å²) >= 11 is 0. The second-order valence-corrected chi connectivity index (χ2v) is 6.58. The maximum Gasteiger partial charge on any atom is 0.244 e. The Morgan fingerprint density at radius 3 is 2.54 bits per heavy atom. The first-order chi connectivity index (χ1) is 12.5. The summed E-state index contributed by atoms with van der Waals surface area (Å²) in [4.78, 5) is 17.1. The molecular weight excluding hydrogens is 330 g/mol. The number of benzene rings is 2. The van der Waals surface area contributed by atoms with Gasteiger partial charge in [-0.2, -0.15) is 0 Å². The van der Waals surface area contributed by atoms with Gasteiger partial charge in [0.2, 0.25) is 5.91 Å². The zero-order chi connectivity index (χ0) is 18.3. The number of amides is 1. The summed E-state index contributed by atoms with van der Waals surface area (Å²) in [6, 6.07) is 9.67. The number of nitrogens with zero attached hydrogens (tertiary/aromatic N) is 2. The summed E-state index contributed by atoms with van der Waals surface area (Å²) in [6.07, 6.45) is 0. The highest BCUT2D eigenvalue weighted by Gasteiger charge is 2.18. The van der Waals surface area contributed by atoms with Crippen molar-refractivity contribution < 1.29 is 14.3 Å². The third-order valence-corrected chi connectivity index (χ3v) is 4.70. The average molecular weight is 351 g/mol. The maximum absolute atomic E-state index is 12.5. The largest absolute Gasteiger partial charge is 0.486 e. The Morgan fingerprint density at radius 2 is 1.81 bits per heavy atom. The van der Waals surface area contributed by atoms with Gasteiger partial charge in [0.25, 0.3) is 0 Å². The molecule has 26 heavy (non-hydrogen) atoms. The van der Waals surface area contributed by atoms with Crippen LogP contribution >= 0.6 is 0 Å². The lowest BCUT2D eigenvalue weighted by molar-refractivity contribution is -0.116. The Hall–Kier alpha value is -3.02. The number of ether oxygens (including phenoxy) is 2. The third-order valence-electron chi connectivity index (χ3n) is 4.70. The molecule has 0 unspecified atom stereocenters. The number of rotatable bonds is 3. The number of hydrogen-bond acceptors (Lipinski definition) is 4. The fraction of sp³-hybridized carbons (Fsp3) is 0.300. The molecule has 134 valence electrons. The Morgan fingerprint density at radius 1 is 1.08 bits per heavy atom. The number of imidazole rings is 1. The molecule has 1 aromatic heterocycles. The van der Waals surface area contributed by atoms with Crippen LogP contribution in [0.1, 0.15) is 17.0 Å². The van der Waals surface area contributed by atoms with Crippen LogP contribution in [0, 0.1) is 20.8 Å². The predicted octanol–water partition coefficient (Wildman–Crippen LogP) is 3.37. The van der Waals surface area contributed by atoms with Crippen molar-refractivity contribution in [1.82, 2.24) is 9.55 Å². The van der Waals surface area contributed by atoms with E-state index < -0.39 is 0 Å². The molecule has 1 aliphatic heterocycles. The first-order valence-corrected chi connectivity index (χ1v) is 8.65. The van der Waals surface area contributed by atoms with Crippen LogP contribution < -0.4 is 14.8 Å². The van der Waals surface area contributed by atoms with Gasteiger partial charge in [0.05, 0.1) is 11.0 Å². The highest BCUT2D eigenvalue weighted by atomic mass is 16.6. The van der Waals surface area contributed by atoms with E-state index in [1.807, 2.05) is 55.7 Å². The van der Waals surface area contributed by atoms with Crippen molar-refractivity contribution in [3.8, 4) is 11.5 Å². The first kappa shape index (κ1) is 16.4. The fourth-order valence-corrected chi connectivity index (χ4v) is 3.14. The SMILES string of the molecule is Cc1ccc(NC(=O)Cn2c(C)nc3cc4c(cc32)OCCO4)cc1C.